The van der Waals surface area contributed by atoms with Crippen molar-refractivity contribution in [2.45, 2.75) is 32.1 Å². The van der Waals surface area contributed by atoms with Gasteiger partial charge < -0.3 is 14.3 Å². The number of aromatic nitrogens is 1. The standard InChI is InChI=1S/C24H23F3N2O4S/c1-15-20(28-22(33-15)17-4-6-18(7-5-17)24(25,26)27)10-11-32-19-8-2-16(3-9-19)12-29-14-34-13-21(29)23(30)31/h2-9,21H,10-14H2,1H3,(H,30,31)/t21-/m0/s1. The Hall–Kier alpha value is -2.98. The quantitative estimate of drug-likeness (QED) is 0.460. The molecule has 0 amide bonds. The van der Waals surface area contributed by atoms with E-state index in [0.717, 1.165) is 17.7 Å². The van der Waals surface area contributed by atoms with Crippen LogP contribution in [0, 0.1) is 6.92 Å². The second-order valence-electron chi connectivity index (χ2n) is 7.94. The molecule has 0 aliphatic carbocycles. The summed E-state index contributed by atoms with van der Waals surface area (Å²) in [6.07, 6.45) is -3.91. The van der Waals surface area contributed by atoms with Gasteiger partial charge in [-0.2, -0.15) is 13.2 Å². The third-order valence-electron chi connectivity index (χ3n) is 5.53. The van der Waals surface area contributed by atoms with Crippen LogP contribution in [0.25, 0.3) is 11.5 Å². The number of carboxylic acids is 1. The molecule has 34 heavy (non-hydrogen) atoms. The van der Waals surface area contributed by atoms with Crippen LogP contribution in [0.4, 0.5) is 13.2 Å². The largest absolute Gasteiger partial charge is 0.493 e. The van der Waals surface area contributed by atoms with E-state index in [4.69, 9.17) is 9.15 Å². The van der Waals surface area contributed by atoms with Gasteiger partial charge in [-0.15, -0.1) is 11.8 Å². The predicted octanol–water partition coefficient (Wildman–Crippen LogP) is 5.25. The fourth-order valence-electron chi connectivity index (χ4n) is 3.64. The van der Waals surface area contributed by atoms with Gasteiger partial charge in [-0.1, -0.05) is 12.1 Å². The first-order chi connectivity index (χ1) is 16.2. The van der Waals surface area contributed by atoms with E-state index in [1.165, 1.54) is 12.1 Å². The lowest BCUT2D eigenvalue weighted by Crippen LogP contribution is -2.37. The number of oxazole rings is 1. The number of aliphatic carboxylic acids is 1. The maximum Gasteiger partial charge on any atom is 0.416 e. The number of rotatable bonds is 8. The molecule has 6 nitrogen and oxygen atoms in total. The average molecular weight is 493 g/mol. The van der Waals surface area contributed by atoms with E-state index < -0.39 is 23.8 Å². The monoisotopic (exact) mass is 492 g/mol. The molecule has 0 spiro atoms. The summed E-state index contributed by atoms with van der Waals surface area (Å²) >= 11 is 1.61. The Balaban J connectivity index is 1.31. The Kier molecular flexibility index (Phi) is 7.18. The van der Waals surface area contributed by atoms with Gasteiger partial charge in [0.25, 0.3) is 0 Å². The highest BCUT2D eigenvalue weighted by Crippen LogP contribution is 2.31. The summed E-state index contributed by atoms with van der Waals surface area (Å²) in [6, 6.07) is 11.8. The van der Waals surface area contributed by atoms with Gasteiger partial charge in [0.15, 0.2) is 0 Å². The molecule has 1 atom stereocenters. The Morgan fingerprint density at radius 2 is 1.91 bits per heavy atom. The molecule has 0 unspecified atom stereocenters. The van der Waals surface area contributed by atoms with E-state index in [9.17, 15) is 23.1 Å². The molecular formula is C24H23F3N2O4S. The second kappa shape index (κ2) is 10.1. The Morgan fingerprint density at radius 1 is 1.21 bits per heavy atom. The molecule has 3 aromatic rings. The molecule has 0 saturated carbocycles. The van der Waals surface area contributed by atoms with Crippen molar-refractivity contribution < 1.29 is 32.2 Å². The van der Waals surface area contributed by atoms with Gasteiger partial charge in [0.05, 0.1) is 17.9 Å². The maximum atomic E-state index is 12.7. The smallest absolute Gasteiger partial charge is 0.416 e. The third kappa shape index (κ3) is 5.74. The van der Waals surface area contributed by atoms with Crippen LogP contribution in [0.15, 0.2) is 52.9 Å². The summed E-state index contributed by atoms with van der Waals surface area (Å²) in [7, 11) is 0. The van der Waals surface area contributed by atoms with Crippen molar-refractivity contribution in [1.82, 2.24) is 9.88 Å². The van der Waals surface area contributed by atoms with Gasteiger partial charge >= 0.3 is 12.1 Å². The Bertz CT molecular complexity index is 1130. The highest BCUT2D eigenvalue weighted by molar-refractivity contribution is 7.99. The van der Waals surface area contributed by atoms with Crippen LogP contribution in [0.2, 0.25) is 0 Å². The van der Waals surface area contributed by atoms with Crippen LogP contribution in [0.1, 0.15) is 22.6 Å². The predicted molar refractivity (Wildman–Crippen MR) is 122 cm³/mol. The number of aryl methyl sites for hydroxylation is 1. The van der Waals surface area contributed by atoms with Gasteiger partial charge in [0.1, 0.15) is 17.6 Å². The van der Waals surface area contributed by atoms with Crippen molar-refractivity contribution in [3.8, 4) is 17.2 Å². The van der Waals surface area contributed by atoms with E-state index in [0.29, 0.717) is 54.0 Å². The molecule has 1 aliphatic heterocycles. The van der Waals surface area contributed by atoms with Gasteiger partial charge in [0.2, 0.25) is 5.89 Å². The summed E-state index contributed by atoms with van der Waals surface area (Å²) in [5.41, 5.74) is 1.44. The highest BCUT2D eigenvalue weighted by Gasteiger charge is 2.31. The minimum atomic E-state index is -4.39. The van der Waals surface area contributed by atoms with Crippen molar-refractivity contribution in [2.75, 3.05) is 18.2 Å². The van der Waals surface area contributed by atoms with Crippen molar-refractivity contribution in [3.05, 3.63) is 71.1 Å². The van der Waals surface area contributed by atoms with Crippen molar-refractivity contribution in [3.63, 3.8) is 0 Å². The number of halogens is 3. The summed E-state index contributed by atoms with van der Waals surface area (Å²) in [6.45, 7) is 2.67. The van der Waals surface area contributed by atoms with Crippen LogP contribution in [-0.4, -0.2) is 45.2 Å². The molecule has 1 fully saturated rings. The van der Waals surface area contributed by atoms with E-state index >= 15 is 0 Å². The van der Waals surface area contributed by atoms with Crippen molar-refractivity contribution in [1.29, 1.82) is 0 Å². The molecular weight excluding hydrogens is 469 g/mol. The molecule has 0 radical (unpaired) electrons. The number of carbonyl (C=O) groups is 1. The van der Waals surface area contributed by atoms with Crippen molar-refractivity contribution >= 4 is 17.7 Å². The first-order valence-corrected chi connectivity index (χ1v) is 11.8. The summed E-state index contributed by atoms with van der Waals surface area (Å²) in [4.78, 5) is 17.7. The van der Waals surface area contributed by atoms with Gasteiger partial charge in [-0.25, -0.2) is 4.98 Å². The van der Waals surface area contributed by atoms with E-state index in [1.54, 1.807) is 18.7 Å². The van der Waals surface area contributed by atoms with Crippen molar-refractivity contribution in [2.24, 2.45) is 0 Å². The third-order valence-corrected chi connectivity index (χ3v) is 6.59. The zero-order valence-electron chi connectivity index (χ0n) is 18.3. The normalized spacial score (nSPS) is 16.6. The topological polar surface area (TPSA) is 75.8 Å². The van der Waals surface area contributed by atoms with Gasteiger partial charge in [-0.3, -0.25) is 9.69 Å². The molecule has 2 aromatic carbocycles. The molecule has 1 aliphatic rings. The summed E-state index contributed by atoms with van der Waals surface area (Å²) in [5.74, 6) is 2.03. The fourth-order valence-corrected chi connectivity index (χ4v) is 4.82. The molecule has 4 rings (SSSR count). The SMILES string of the molecule is Cc1oc(-c2ccc(C(F)(F)F)cc2)nc1CCOc1ccc(CN2CSC[C@H]2C(=O)O)cc1. The van der Waals surface area contributed by atoms with E-state index in [-0.39, 0.29) is 5.89 Å². The van der Waals surface area contributed by atoms with Crippen LogP contribution in [0.5, 0.6) is 5.75 Å². The lowest BCUT2D eigenvalue weighted by Gasteiger charge is -2.20. The maximum absolute atomic E-state index is 12.7. The van der Waals surface area contributed by atoms with Crippen LogP contribution in [-0.2, 0) is 23.9 Å². The number of benzene rings is 2. The molecule has 1 aromatic heterocycles. The number of hydrogen-bond acceptors (Lipinski definition) is 6. The fraction of sp³-hybridized carbons (Fsp3) is 0.333. The number of thioether (sulfide) groups is 1. The lowest BCUT2D eigenvalue weighted by atomic mass is 10.1. The lowest BCUT2D eigenvalue weighted by molar-refractivity contribution is -0.142. The van der Waals surface area contributed by atoms with Gasteiger partial charge in [-0.05, 0) is 48.9 Å². The number of nitrogens with zero attached hydrogens (tertiary/aromatic N) is 2. The number of alkyl halides is 3. The number of carboxylic acid groups (broad SMARTS) is 1. The first-order valence-electron chi connectivity index (χ1n) is 10.6. The molecule has 2 heterocycles. The van der Waals surface area contributed by atoms with Crippen LogP contribution >= 0.6 is 11.8 Å². The zero-order chi connectivity index (χ0) is 24.3. The zero-order valence-corrected chi connectivity index (χ0v) is 19.2. The van der Waals surface area contributed by atoms with Crippen LogP contribution < -0.4 is 4.74 Å². The molecule has 0 bridgehead atoms. The Labute approximate surface area is 198 Å². The average Bonchev–Trinajstić information content (AvgIpc) is 3.41. The highest BCUT2D eigenvalue weighted by atomic mass is 32.2. The van der Waals surface area contributed by atoms with E-state index in [1.807, 2.05) is 29.2 Å². The molecule has 1 saturated heterocycles. The summed E-state index contributed by atoms with van der Waals surface area (Å²) in [5, 5.41) is 9.30. The minimum absolute atomic E-state index is 0.269. The molecule has 180 valence electrons. The Morgan fingerprint density at radius 3 is 2.56 bits per heavy atom. The number of hydrogen-bond donors (Lipinski definition) is 1. The first kappa shape index (κ1) is 24.2. The van der Waals surface area contributed by atoms with E-state index in [2.05, 4.69) is 4.98 Å². The van der Waals surface area contributed by atoms with Gasteiger partial charge in [0, 0.05) is 30.2 Å². The van der Waals surface area contributed by atoms with Crippen LogP contribution in [0.3, 0.4) is 0 Å². The second-order valence-corrected chi connectivity index (χ2v) is 8.94. The summed E-state index contributed by atoms with van der Waals surface area (Å²) < 4.78 is 49.7. The molecule has 10 heteroatoms. The molecule has 1 N–H and O–H groups in total. The minimum Gasteiger partial charge on any atom is -0.493 e. The number of ether oxygens (including phenoxy) is 1.